The second-order valence-corrected chi connectivity index (χ2v) is 10.3. The normalized spacial score (nSPS) is 17.6. The lowest BCUT2D eigenvalue weighted by Gasteiger charge is -2.25. The van der Waals surface area contributed by atoms with Gasteiger partial charge in [-0.25, -0.2) is 15.0 Å². The zero-order valence-electron chi connectivity index (χ0n) is 17.1. The molecule has 1 aliphatic carbocycles. The number of aryl methyl sites for hydroxylation is 4. The van der Waals surface area contributed by atoms with Gasteiger partial charge in [0.1, 0.15) is 16.5 Å². The molecule has 1 aliphatic heterocycles. The number of anilines is 1. The summed E-state index contributed by atoms with van der Waals surface area (Å²) in [5, 5.41) is 6.00. The van der Waals surface area contributed by atoms with Crippen LogP contribution in [0, 0.1) is 13.8 Å². The molecule has 0 aromatic carbocycles. The molecule has 6 nitrogen and oxygen atoms in total. The van der Waals surface area contributed by atoms with Crippen LogP contribution in [-0.4, -0.2) is 46.2 Å². The van der Waals surface area contributed by atoms with Crippen molar-refractivity contribution in [2.75, 3.05) is 31.6 Å². The average Bonchev–Trinajstić information content (AvgIpc) is 3.25. The molecular weight excluding hydrogens is 402 g/mol. The number of ether oxygens (including phenoxy) is 1. The first-order valence-electron chi connectivity index (χ1n) is 10.5. The smallest absolute Gasteiger partial charge is 0.146 e. The van der Waals surface area contributed by atoms with Gasteiger partial charge in [-0.1, -0.05) is 0 Å². The Morgan fingerprint density at radius 2 is 1.86 bits per heavy atom. The molecule has 0 unspecified atom stereocenters. The maximum Gasteiger partial charge on any atom is 0.146 e. The molecule has 0 atom stereocenters. The molecule has 5 rings (SSSR count). The highest BCUT2D eigenvalue weighted by atomic mass is 32.1. The summed E-state index contributed by atoms with van der Waals surface area (Å²) in [7, 11) is 0. The molecule has 0 saturated carbocycles. The van der Waals surface area contributed by atoms with Crippen molar-refractivity contribution in [3.05, 3.63) is 31.8 Å². The Morgan fingerprint density at radius 3 is 2.66 bits per heavy atom. The maximum atomic E-state index is 5.49. The van der Waals surface area contributed by atoms with E-state index >= 15 is 0 Å². The van der Waals surface area contributed by atoms with Crippen LogP contribution in [0.1, 0.15) is 44.7 Å². The van der Waals surface area contributed by atoms with E-state index in [1.165, 1.54) is 40.0 Å². The summed E-state index contributed by atoms with van der Waals surface area (Å²) in [5.74, 6) is 1.90. The molecule has 0 bridgehead atoms. The number of nitrogens with zero attached hydrogens (tertiary/aromatic N) is 4. The minimum Gasteiger partial charge on any atom is -0.379 e. The molecule has 1 saturated heterocycles. The van der Waals surface area contributed by atoms with E-state index in [9.17, 15) is 0 Å². The van der Waals surface area contributed by atoms with Gasteiger partial charge in [-0.2, -0.15) is 0 Å². The Labute approximate surface area is 179 Å². The molecule has 4 heterocycles. The van der Waals surface area contributed by atoms with Gasteiger partial charge in [0.25, 0.3) is 0 Å². The summed E-state index contributed by atoms with van der Waals surface area (Å²) in [5.41, 5.74) is 2.60. The predicted octanol–water partition coefficient (Wildman–Crippen LogP) is 4.09. The first kappa shape index (κ1) is 19.4. The van der Waals surface area contributed by atoms with E-state index in [0.717, 1.165) is 66.4 Å². The van der Waals surface area contributed by atoms with Crippen molar-refractivity contribution in [3.8, 4) is 0 Å². The van der Waals surface area contributed by atoms with E-state index in [0.29, 0.717) is 6.54 Å². The lowest BCUT2D eigenvalue weighted by Crippen LogP contribution is -2.36. The number of morpholine rings is 1. The lowest BCUT2D eigenvalue weighted by molar-refractivity contribution is 0.0331. The highest BCUT2D eigenvalue weighted by Gasteiger charge is 2.22. The third-order valence-corrected chi connectivity index (χ3v) is 7.87. The van der Waals surface area contributed by atoms with Gasteiger partial charge < -0.3 is 10.1 Å². The Bertz CT molecular complexity index is 1020. The van der Waals surface area contributed by atoms with Crippen molar-refractivity contribution in [2.45, 2.75) is 52.6 Å². The predicted molar refractivity (Wildman–Crippen MR) is 119 cm³/mol. The Kier molecular flexibility index (Phi) is 5.51. The quantitative estimate of drug-likeness (QED) is 0.659. The minimum atomic E-state index is 0.712. The van der Waals surface area contributed by atoms with Crippen LogP contribution in [0.2, 0.25) is 0 Å². The fraction of sp³-hybridized carbons (Fsp3) is 0.571. The summed E-state index contributed by atoms with van der Waals surface area (Å²) < 4.78 is 5.49. The second kappa shape index (κ2) is 8.26. The van der Waals surface area contributed by atoms with Crippen molar-refractivity contribution < 1.29 is 4.74 Å². The lowest BCUT2D eigenvalue weighted by atomic mass is 9.97. The molecule has 29 heavy (non-hydrogen) atoms. The fourth-order valence-corrected chi connectivity index (χ4v) is 6.38. The van der Waals surface area contributed by atoms with Gasteiger partial charge in [-0.05, 0) is 45.1 Å². The molecule has 3 aromatic rings. The first-order valence-corrected chi connectivity index (χ1v) is 12.1. The van der Waals surface area contributed by atoms with Crippen molar-refractivity contribution in [1.29, 1.82) is 0 Å². The number of aromatic nitrogens is 3. The number of rotatable bonds is 5. The molecular formula is C21H27N5OS2. The zero-order valence-corrected chi connectivity index (χ0v) is 18.7. The van der Waals surface area contributed by atoms with E-state index in [2.05, 4.69) is 29.0 Å². The van der Waals surface area contributed by atoms with Crippen LogP contribution in [-0.2, 0) is 30.7 Å². The van der Waals surface area contributed by atoms with Crippen LogP contribution in [0.5, 0.6) is 0 Å². The number of hydrogen-bond acceptors (Lipinski definition) is 8. The topological polar surface area (TPSA) is 63.2 Å². The summed E-state index contributed by atoms with van der Waals surface area (Å²) in [6.45, 7) is 9.19. The summed E-state index contributed by atoms with van der Waals surface area (Å²) >= 11 is 3.63. The van der Waals surface area contributed by atoms with Gasteiger partial charge in [0, 0.05) is 22.8 Å². The summed E-state index contributed by atoms with van der Waals surface area (Å²) in [6.07, 6.45) is 4.87. The third kappa shape index (κ3) is 4.03. The van der Waals surface area contributed by atoms with Crippen molar-refractivity contribution >= 4 is 38.7 Å². The Morgan fingerprint density at radius 1 is 1.03 bits per heavy atom. The number of nitrogens with one attached hydrogen (secondary N) is 1. The number of fused-ring (bicyclic) bond motifs is 3. The SMILES string of the molecule is Cc1nc(CNc2nc(CN3CCOCC3)nc3sc4c(c23)CCCC4)c(C)s1. The molecule has 8 heteroatoms. The first-order chi connectivity index (χ1) is 14.2. The summed E-state index contributed by atoms with van der Waals surface area (Å²) in [6, 6.07) is 0. The van der Waals surface area contributed by atoms with Crippen LogP contribution in [0.3, 0.4) is 0 Å². The van der Waals surface area contributed by atoms with E-state index in [1.54, 1.807) is 11.3 Å². The van der Waals surface area contributed by atoms with Crippen molar-refractivity contribution in [3.63, 3.8) is 0 Å². The van der Waals surface area contributed by atoms with Gasteiger partial charge in [0.05, 0.1) is 42.4 Å². The Hall–Kier alpha value is -1.61. The van der Waals surface area contributed by atoms with Gasteiger partial charge in [0.2, 0.25) is 0 Å². The van der Waals surface area contributed by atoms with Crippen molar-refractivity contribution in [1.82, 2.24) is 19.9 Å². The van der Waals surface area contributed by atoms with E-state index in [4.69, 9.17) is 14.7 Å². The maximum absolute atomic E-state index is 5.49. The molecule has 1 N–H and O–H groups in total. The Balaban J connectivity index is 1.49. The molecule has 154 valence electrons. The molecule has 1 fully saturated rings. The van der Waals surface area contributed by atoms with Crippen LogP contribution < -0.4 is 5.32 Å². The second-order valence-electron chi connectivity index (χ2n) is 7.86. The van der Waals surface area contributed by atoms with Gasteiger partial charge >= 0.3 is 0 Å². The van der Waals surface area contributed by atoms with Gasteiger partial charge in [-0.3, -0.25) is 4.90 Å². The van der Waals surface area contributed by atoms with E-state index in [-0.39, 0.29) is 0 Å². The number of thiazole rings is 1. The monoisotopic (exact) mass is 429 g/mol. The molecule has 2 aliphatic rings. The molecule has 0 radical (unpaired) electrons. The summed E-state index contributed by atoms with van der Waals surface area (Å²) in [4.78, 5) is 21.0. The molecule has 0 amide bonds. The number of hydrogen-bond donors (Lipinski definition) is 1. The van der Waals surface area contributed by atoms with Crippen LogP contribution >= 0.6 is 22.7 Å². The fourth-order valence-electron chi connectivity index (χ4n) is 4.26. The average molecular weight is 430 g/mol. The molecule has 0 spiro atoms. The minimum absolute atomic E-state index is 0.712. The molecule has 3 aromatic heterocycles. The number of thiophene rings is 1. The largest absolute Gasteiger partial charge is 0.379 e. The highest BCUT2D eigenvalue weighted by molar-refractivity contribution is 7.19. The van der Waals surface area contributed by atoms with E-state index < -0.39 is 0 Å². The van der Waals surface area contributed by atoms with Crippen LogP contribution in [0.4, 0.5) is 5.82 Å². The van der Waals surface area contributed by atoms with Crippen LogP contribution in [0.25, 0.3) is 10.2 Å². The highest BCUT2D eigenvalue weighted by Crippen LogP contribution is 2.39. The third-order valence-electron chi connectivity index (χ3n) is 5.75. The van der Waals surface area contributed by atoms with Crippen molar-refractivity contribution in [2.24, 2.45) is 0 Å². The standard InChI is InChI=1S/C21H27N5OS2/c1-13-16(23-14(2)28-13)11-22-20-19-15-5-3-4-6-17(15)29-21(19)25-18(24-20)12-26-7-9-27-10-8-26/h3-12H2,1-2H3,(H,22,24,25). The van der Waals surface area contributed by atoms with Gasteiger partial charge in [0.15, 0.2) is 0 Å². The zero-order chi connectivity index (χ0) is 19.8. The van der Waals surface area contributed by atoms with Crippen LogP contribution in [0.15, 0.2) is 0 Å². The van der Waals surface area contributed by atoms with Gasteiger partial charge in [-0.15, -0.1) is 22.7 Å². The van der Waals surface area contributed by atoms with E-state index in [1.807, 2.05) is 11.3 Å².